The van der Waals surface area contributed by atoms with Crippen LogP contribution >= 0.6 is 23.2 Å². The van der Waals surface area contributed by atoms with Crippen molar-refractivity contribution in [2.45, 2.75) is 95.8 Å². The van der Waals surface area contributed by atoms with Gasteiger partial charge in [0.1, 0.15) is 25.7 Å². The molecule has 6 rings (SSSR count). The molecule has 2 heterocycles. The molecule has 0 atom stereocenters. The first-order chi connectivity index (χ1) is 34.4. The molecule has 4 aromatic rings. The zero-order chi connectivity index (χ0) is 49.0. The molecule has 0 unspecified atom stereocenters. The molecule has 0 radical (unpaired) electrons. The molecular formula is C53H68Cl2N4O11. The van der Waals surface area contributed by atoms with E-state index < -0.39 is 0 Å². The Morgan fingerprint density at radius 1 is 0.643 bits per heavy atom. The third-order valence-electron chi connectivity index (χ3n) is 11.8. The van der Waals surface area contributed by atoms with Gasteiger partial charge in [-0.3, -0.25) is 14.4 Å². The van der Waals surface area contributed by atoms with Crippen LogP contribution < -0.4 is 15.4 Å². The SMILES string of the molecule is O=C(CCCCCC(=O)OCC1c2ccccc2-c2ccccc21)NCCCCCC(=O)NCOCCOCCOCCOCCc1cc(CCCCCOc2c(Cl)cc(C3=NCCO3)cc2Cl)on1. The number of fused-ring (bicyclic) bond motifs is 3. The van der Waals surface area contributed by atoms with Crippen molar-refractivity contribution in [3.63, 3.8) is 0 Å². The minimum atomic E-state index is -0.200. The van der Waals surface area contributed by atoms with Crippen molar-refractivity contribution in [2.24, 2.45) is 4.99 Å². The molecule has 2 amide bonds. The predicted molar refractivity (Wildman–Crippen MR) is 268 cm³/mol. The minimum absolute atomic E-state index is 0.00981. The van der Waals surface area contributed by atoms with E-state index in [4.69, 9.17) is 60.9 Å². The number of esters is 1. The molecule has 380 valence electrons. The second kappa shape index (κ2) is 31.3. The maximum atomic E-state index is 12.5. The zero-order valence-corrected chi connectivity index (χ0v) is 41.7. The van der Waals surface area contributed by atoms with Gasteiger partial charge in [0, 0.05) is 56.2 Å². The number of carbonyl (C=O) groups is 3. The van der Waals surface area contributed by atoms with Gasteiger partial charge in [0.2, 0.25) is 17.7 Å². The van der Waals surface area contributed by atoms with Crippen molar-refractivity contribution in [3.8, 4) is 16.9 Å². The second-order valence-electron chi connectivity index (χ2n) is 17.1. The highest BCUT2D eigenvalue weighted by atomic mass is 35.5. The molecule has 15 nitrogen and oxygen atoms in total. The molecule has 1 aliphatic carbocycles. The summed E-state index contributed by atoms with van der Waals surface area (Å²) >= 11 is 12.8. The van der Waals surface area contributed by atoms with Gasteiger partial charge < -0.3 is 48.3 Å². The van der Waals surface area contributed by atoms with Crippen molar-refractivity contribution in [3.05, 3.63) is 105 Å². The summed E-state index contributed by atoms with van der Waals surface area (Å²) in [7, 11) is 0. The highest BCUT2D eigenvalue weighted by Crippen LogP contribution is 2.44. The molecule has 0 fully saturated rings. The fraction of sp³-hybridized carbons (Fsp3) is 0.528. The van der Waals surface area contributed by atoms with Crippen LogP contribution in [-0.2, 0) is 55.6 Å². The summed E-state index contributed by atoms with van der Waals surface area (Å²) in [4.78, 5) is 41.2. The second-order valence-corrected chi connectivity index (χ2v) is 17.9. The van der Waals surface area contributed by atoms with Crippen molar-refractivity contribution in [1.82, 2.24) is 15.8 Å². The standard InChI is InChI=1S/C53H68Cl2N4O11/c54-47-34-39(53-57-24-27-68-53)35-48(55)52(47)67-25-13-3-4-14-41-36-40(59-70-41)22-26-63-28-29-64-30-31-65-32-33-66-38-58-50(61)20-6-2-12-23-56-49(60)19-5-1-7-21-51(62)69-37-46-44-17-10-8-15-42(44)43-16-9-11-18-45(43)46/h8-11,15-18,34-36,46H,1-7,12-14,19-33,37-38H2,(H,56,60)(H,58,61). The van der Waals surface area contributed by atoms with Gasteiger partial charge in [0.25, 0.3) is 0 Å². The summed E-state index contributed by atoms with van der Waals surface area (Å²) in [6.45, 7) is 5.80. The van der Waals surface area contributed by atoms with Crippen LogP contribution in [0.1, 0.15) is 111 Å². The van der Waals surface area contributed by atoms with Crippen LogP contribution in [0, 0.1) is 0 Å². The van der Waals surface area contributed by atoms with E-state index >= 15 is 0 Å². The smallest absolute Gasteiger partial charge is 0.305 e. The number of rotatable bonds is 36. The molecule has 0 saturated carbocycles. The first-order valence-corrected chi connectivity index (χ1v) is 25.5. The number of benzene rings is 3. The highest BCUT2D eigenvalue weighted by Gasteiger charge is 2.29. The number of hydrogen-bond donors (Lipinski definition) is 2. The fourth-order valence-corrected chi connectivity index (χ4v) is 8.72. The van der Waals surface area contributed by atoms with E-state index in [-0.39, 0.29) is 30.4 Å². The Labute approximate surface area is 421 Å². The summed E-state index contributed by atoms with van der Waals surface area (Å²) < 4.78 is 44.8. The molecular weight excluding hydrogens is 940 g/mol. The topological polar surface area (TPSA) is 178 Å². The number of aliphatic imine (C=N–C) groups is 1. The quantitative estimate of drug-likeness (QED) is 0.0251. The largest absolute Gasteiger partial charge is 0.490 e. The average molecular weight is 1010 g/mol. The van der Waals surface area contributed by atoms with Crippen LogP contribution in [0.25, 0.3) is 11.1 Å². The molecule has 0 saturated heterocycles. The fourth-order valence-electron chi connectivity index (χ4n) is 8.13. The Kier molecular flexibility index (Phi) is 24.3. The van der Waals surface area contributed by atoms with Gasteiger partial charge >= 0.3 is 5.97 Å². The molecule has 1 aromatic heterocycles. The van der Waals surface area contributed by atoms with Crippen molar-refractivity contribution >= 4 is 46.9 Å². The lowest BCUT2D eigenvalue weighted by atomic mass is 9.98. The Hall–Kier alpha value is -5.03. The Balaban J connectivity index is 0.638. The monoisotopic (exact) mass is 1010 g/mol. The van der Waals surface area contributed by atoms with Gasteiger partial charge in [-0.05, 0) is 79.3 Å². The number of aryl methyl sites for hydroxylation is 1. The number of ether oxygens (including phenoxy) is 7. The molecule has 3 aromatic carbocycles. The number of aromatic nitrogens is 1. The first kappa shape index (κ1) is 54.3. The van der Waals surface area contributed by atoms with Crippen LogP contribution in [0.15, 0.2) is 76.2 Å². The third kappa shape index (κ3) is 18.9. The van der Waals surface area contributed by atoms with Gasteiger partial charge in [-0.1, -0.05) is 89.7 Å². The van der Waals surface area contributed by atoms with Crippen molar-refractivity contribution in [1.29, 1.82) is 0 Å². The number of carbonyl (C=O) groups excluding carboxylic acids is 3. The molecule has 1 aliphatic heterocycles. The van der Waals surface area contributed by atoms with Crippen LogP contribution in [-0.4, -0.2) is 115 Å². The van der Waals surface area contributed by atoms with Crippen LogP contribution in [0.2, 0.25) is 10.0 Å². The number of unbranched alkanes of at least 4 members (excludes halogenated alkanes) is 6. The number of nitrogens with one attached hydrogen (secondary N) is 2. The maximum Gasteiger partial charge on any atom is 0.305 e. The first-order valence-electron chi connectivity index (χ1n) is 24.8. The maximum absolute atomic E-state index is 12.5. The predicted octanol–water partition coefficient (Wildman–Crippen LogP) is 9.22. The van der Waals surface area contributed by atoms with Gasteiger partial charge in [0.05, 0.1) is 75.1 Å². The third-order valence-corrected chi connectivity index (χ3v) is 12.4. The number of amides is 2. The van der Waals surface area contributed by atoms with E-state index in [2.05, 4.69) is 45.0 Å². The summed E-state index contributed by atoms with van der Waals surface area (Å²) in [5, 5.41) is 10.7. The van der Waals surface area contributed by atoms with Gasteiger partial charge in [-0.2, -0.15) is 0 Å². The van der Waals surface area contributed by atoms with Gasteiger partial charge in [-0.15, -0.1) is 0 Å². The van der Waals surface area contributed by atoms with E-state index in [1.807, 2.05) is 30.3 Å². The molecule has 0 spiro atoms. The lowest BCUT2D eigenvalue weighted by molar-refractivity contribution is -0.144. The minimum Gasteiger partial charge on any atom is -0.490 e. The van der Waals surface area contributed by atoms with Crippen molar-refractivity contribution in [2.75, 3.05) is 85.9 Å². The Bertz CT molecular complexity index is 2190. The van der Waals surface area contributed by atoms with E-state index in [0.717, 1.165) is 74.8 Å². The summed E-state index contributed by atoms with van der Waals surface area (Å²) in [5.74, 6) is 1.68. The molecule has 2 N–H and O–H groups in total. The summed E-state index contributed by atoms with van der Waals surface area (Å²) in [6, 6.07) is 22.1. The van der Waals surface area contributed by atoms with Gasteiger partial charge in [-0.25, -0.2) is 4.99 Å². The number of hydrogen-bond acceptors (Lipinski definition) is 13. The highest BCUT2D eigenvalue weighted by molar-refractivity contribution is 6.37. The number of halogens is 2. The van der Waals surface area contributed by atoms with Crippen LogP contribution in [0.4, 0.5) is 0 Å². The lowest BCUT2D eigenvalue weighted by Crippen LogP contribution is -2.27. The molecule has 2 aliphatic rings. The van der Waals surface area contributed by atoms with Crippen LogP contribution in [0.3, 0.4) is 0 Å². The van der Waals surface area contributed by atoms with E-state index in [1.54, 1.807) is 12.1 Å². The average Bonchev–Trinajstić information content (AvgIpc) is 4.14. The molecule has 0 bridgehead atoms. The number of nitrogens with zero attached hydrogens (tertiary/aromatic N) is 2. The van der Waals surface area contributed by atoms with E-state index in [1.165, 1.54) is 22.3 Å². The van der Waals surface area contributed by atoms with Gasteiger partial charge in [0.15, 0.2) is 5.75 Å². The molecule has 70 heavy (non-hydrogen) atoms. The lowest BCUT2D eigenvalue weighted by Gasteiger charge is -2.14. The van der Waals surface area contributed by atoms with Crippen LogP contribution in [0.5, 0.6) is 5.75 Å². The summed E-state index contributed by atoms with van der Waals surface area (Å²) in [5.41, 5.74) is 6.43. The zero-order valence-electron chi connectivity index (χ0n) is 40.2. The molecule has 17 heteroatoms. The van der Waals surface area contributed by atoms with Crippen molar-refractivity contribution < 1.29 is 52.1 Å². The Morgan fingerprint density at radius 3 is 1.94 bits per heavy atom. The normalized spacial score (nSPS) is 12.9. The Morgan fingerprint density at radius 2 is 1.26 bits per heavy atom. The van der Waals surface area contributed by atoms with E-state index in [9.17, 15) is 14.4 Å². The van der Waals surface area contributed by atoms with E-state index in [0.29, 0.717) is 133 Å². The summed E-state index contributed by atoms with van der Waals surface area (Å²) in [6.07, 6.45) is 9.92.